The van der Waals surface area contributed by atoms with Gasteiger partial charge in [0.05, 0.1) is 17.9 Å². The van der Waals surface area contributed by atoms with Crippen molar-refractivity contribution in [3.63, 3.8) is 0 Å². The third-order valence-electron chi connectivity index (χ3n) is 4.22. The van der Waals surface area contributed by atoms with Crippen LogP contribution < -0.4 is 5.32 Å². The molecular formula is C19H20ClFN6O2S. The average Bonchev–Trinajstić information content (AvgIpc) is 3.17. The minimum atomic E-state index is -2.29. The van der Waals surface area contributed by atoms with Crippen LogP contribution in [0.5, 0.6) is 0 Å². The molecule has 0 fully saturated rings. The highest BCUT2D eigenvalue weighted by atomic mass is 35.5. The molecule has 0 radical (unpaired) electrons. The third kappa shape index (κ3) is 5.19. The van der Waals surface area contributed by atoms with Gasteiger partial charge in [-0.2, -0.15) is 14.1 Å². The van der Waals surface area contributed by atoms with Crippen molar-refractivity contribution in [2.24, 2.45) is 4.36 Å². The molecule has 0 saturated heterocycles. The second kappa shape index (κ2) is 8.88. The third-order valence-corrected chi connectivity index (χ3v) is 6.10. The highest BCUT2D eigenvalue weighted by molar-refractivity contribution is 7.93. The molecule has 1 amide bonds. The number of hydrogen-bond donors (Lipinski definition) is 1. The van der Waals surface area contributed by atoms with Crippen molar-refractivity contribution < 1.29 is 13.4 Å². The maximum absolute atomic E-state index is 13.5. The fourth-order valence-corrected chi connectivity index (χ4v) is 3.50. The van der Waals surface area contributed by atoms with E-state index in [0.717, 1.165) is 12.1 Å². The maximum Gasteiger partial charge on any atom is 0.252 e. The van der Waals surface area contributed by atoms with Crippen LogP contribution >= 0.6 is 11.6 Å². The number of rotatable bonds is 6. The Kier molecular flexibility index (Phi) is 6.47. The van der Waals surface area contributed by atoms with E-state index in [1.54, 1.807) is 25.3 Å². The zero-order chi connectivity index (χ0) is 21.9. The summed E-state index contributed by atoms with van der Waals surface area (Å²) >= 11 is 5.82. The zero-order valence-electron chi connectivity index (χ0n) is 16.5. The first-order valence-corrected chi connectivity index (χ1v) is 11.5. The molecule has 158 valence electrons. The van der Waals surface area contributed by atoms with Gasteiger partial charge >= 0.3 is 0 Å². The largest absolute Gasteiger partial charge is 0.342 e. The monoisotopic (exact) mass is 450 g/mol. The van der Waals surface area contributed by atoms with Crippen molar-refractivity contribution >= 4 is 32.9 Å². The normalized spacial score (nSPS) is 14.0. The van der Waals surface area contributed by atoms with Crippen LogP contribution in [-0.4, -0.2) is 41.9 Å². The summed E-state index contributed by atoms with van der Waals surface area (Å²) in [5, 5.41) is 7.03. The van der Waals surface area contributed by atoms with Crippen molar-refractivity contribution in [2.75, 3.05) is 12.0 Å². The van der Waals surface area contributed by atoms with Crippen LogP contribution in [0.4, 0.5) is 10.1 Å². The minimum absolute atomic E-state index is 0.0982. The molecular weight excluding hydrogens is 431 g/mol. The molecule has 1 unspecified atom stereocenters. The van der Waals surface area contributed by atoms with Crippen LogP contribution in [0.2, 0.25) is 5.02 Å². The molecule has 0 bridgehead atoms. The van der Waals surface area contributed by atoms with E-state index < -0.39 is 27.5 Å². The van der Waals surface area contributed by atoms with Crippen molar-refractivity contribution in [3.8, 4) is 5.82 Å². The molecule has 0 aliphatic heterocycles. The first-order valence-electron chi connectivity index (χ1n) is 9.01. The van der Waals surface area contributed by atoms with Gasteiger partial charge in [-0.25, -0.2) is 18.6 Å². The Morgan fingerprint density at radius 3 is 2.73 bits per heavy atom. The van der Waals surface area contributed by atoms with Crippen LogP contribution in [0.3, 0.4) is 0 Å². The van der Waals surface area contributed by atoms with Gasteiger partial charge in [-0.3, -0.25) is 4.79 Å². The lowest BCUT2D eigenvalue weighted by Gasteiger charge is -2.14. The molecule has 3 aromatic rings. The van der Waals surface area contributed by atoms with Gasteiger partial charge in [0.25, 0.3) is 5.91 Å². The van der Waals surface area contributed by atoms with E-state index in [1.165, 1.54) is 23.3 Å². The molecule has 0 aliphatic carbocycles. The first kappa shape index (κ1) is 21.8. The maximum atomic E-state index is 13.5. The van der Waals surface area contributed by atoms with E-state index >= 15 is 0 Å². The predicted molar refractivity (Wildman–Crippen MR) is 113 cm³/mol. The van der Waals surface area contributed by atoms with Gasteiger partial charge in [-0.1, -0.05) is 18.5 Å². The number of aromatic nitrogens is 4. The summed E-state index contributed by atoms with van der Waals surface area (Å²) in [5.41, 5.74) is 0.597. The smallest absolute Gasteiger partial charge is 0.252 e. The molecule has 2 heterocycles. The van der Waals surface area contributed by atoms with Crippen LogP contribution in [-0.2, 0) is 9.73 Å². The van der Waals surface area contributed by atoms with Gasteiger partial charge in [-0.15, -0.1) is 0 Å². The van der Waals surface area contributed by atoms with E-state index in [1.807, 2.05) is 6.92 Å². The molecule has 0 aliphatic rings. The lowest BCUT2D eigenvalue weighted by molar-refractivity contribution is 0.0937. The fourth-order valence-electron chi connectivity index (χ4n) is 2.60. The van der Waals surface area contributed by atoms with E-state index in [2.05, 4.69) is 24.7 Å². The average molecular weight is 451 g/mol. The molecule has 1 aromatic carbocycles. The van der Waals surface area contributed by atoms with Gasteiger partial charge in [-0.05, 0) is 37.3 Å². The van der Waals surface area contributed by atoms with Crippen LogP contribution in [0.1, 0.15) is 36.1 Å². The molecule has 2 atom stereocenters. The van der Waals surface area contributed by atoms with Crippen LogP contribution in [0.25, 0.3) is 5.82 Å². The van der Waals surface area contributed by atoms with Crippen molar-refractivity contribution in [3.05, 3.63) is 65.1 Å². The number of nitrogens with one attached hydrogen (secondary N) is 1. The summed E-state index contributed by atoms with van der Waals surface area (Å²) in [6.45, 7) is 3.53. The Labute approximate surface area is 178 Å². The number of benzene rings is 1. The molecule has 3 rings (SSSR count). The van der Waals surface area contributed by atoms with Gasteiger partial charge < -0.3 is 5.32 Å². The molecule has 2 aromatic heterocycles. The van der Waals surface area contributed by atoms with Gasteiger partial charge in [0.15, 0.2) is 11.6 Å². The number of hydrogen-bond acceptors (Lipinski definition) is 6. The molecule has 1 N–H and O–H groups in total. The zero-order valence-corrected chi connectivity index (χ0v) is 18.1. The Balaban J connectivity index is 1.81. The molecule has 0 spiro atoms. The quantitative estimate of drug-likeness (QED) is 0.617. The number of amides is 1. The minimum Gasteiger partial charge on any atom is -0.342 e. The molecule has 0 saturated carbocycles. The highest BCUT2D eigenvalue weighted by Crippen LogP contribution is 2.19. The Morgan fingerprint density at radius 2 is 2.10 bits per heavy atom. The SMILES string of the molecule is CCS(C)(=O)=Nc1ccc(-n2ncnc2[C@H](C)NC(=O)c2cc(F)cc(Cl)c2)nc1. The van der Waals surface area contributed by atoms with E-state index in [4.69, 9.17) is 11.6 Å². The highest BCUT2D eigenvalue weighted by Gasteiger charge is 2.19. The Bertz CT molecular complexity index is 1170. The number of halogens is 2. The molecule has 11 heteroatoms. The van der Waals surface area contributed by atoms with E-state index in [0.29, 0.717) is 23.1 Å². The summed E-state index contributed by atoms with van der Waals surface area (Å²) < 4.78 is 31.3. The van der Waals surface area contributed by atoms with Gasteiger partial charge in [0, 0.05) is 32.3 Å². The second-order valence-electron chi connectivity index (χ2n) is 6.60. The number of carbonyl (C=O) groups is 1. The van der Waals surface area contributed by atoms with Crippen molar-refractivity contribution in [1.29, 1.82) is 0 Å². The Morgan fingerprint density at radius 1 is 1.33 bits per heavy atom. The number of pyridine rings is 1. The lowest BCUT2D eigenvalue weighted by atomic mass is 10.2. The number of nitrogens with zero attached hydrogens (tertiary/aromatic N) is 5. The summed E-state index contributed by atoms with van der Waals surface area (Å²) in [7, 11) is -2.29. The van der Waals surface area contributed by atoms with E-state index in [-0.39, 0.29) is 10.6 Å². The molecule has 30 heavy (non-hydrogen) atoms. The fraction of sp³-hybridized carbons (Fsp3) is 0.263. The number of carbonyl (C=O) groups excluding carboxylic acids is 1. The topological polar surface area (TPSA) is 102 Å². The Hall–Kier alpha value is -2.85. The standard InChI is InChI=1S/C19H20ClFN6O2S/c1-4-30(3,29)26-16-5-6-17(22-10-16)27-18(23-11-24-27)12(2)25-19(28)13-7-14(20)9-15(21)8-13/h5-12H,4H2,1-3H3,(H,25,28)/t12-,30?/m0/s1. The summed E-state index contributed by atoms with van der Waals surface area (Å²) in [6, 6.07) is 6.40. The van der Waals surface area contributed by atoms with Crippen molar-refractivity contribution in [1.82, 2.24) is 25.1 Å². The summed E-state index contributed by atoms with van der Waals surface area (Å²) in [6.07, 6.45) is 4.43. The van der Waals surface area contributed by atoms with Crippen LogP contribution in [0, 0.1) is 5.82 Å². The predicted octanol–water partition coefficient (Wildman–Crippen LogP) is 3.70. The lowest BCUT2D eigenvalue weighted by Crippen LogP contribution is -2.29. The first-order chi connectivity index (χ1) is 14.2. The van der Waals surface area contributed by atoms with Gasteiger partial charge in [0.1, 0.15) is 12.1 Å². The van der Waals surface area contributed by atoms with Crippen molar-refractivity contribution in [2.45, 2.75) is 19.9 Å². The molecule has 8 nitrogen and oxygen atoms in total. The summed E-state index contributed by atoms with van der Waals surface area (Å²) in [4.78, 5) is 21.0. The van der Waals surface area contributed by atoms with E-state index in [9.17, 15) is 13.4 Å². The summed E-state index contributed by atoms with van der Waals surface area (Å²) in [5.74, 6) is 0.219. The van der Waals surface area contributed by atoms with Gasteiger partial charge in [0.2, 0.25) is 0 Å². The second-order valence-corrected chi connectivity index (χ2v) is 9.71. The van der Waals surface area contributed by atoms with Crippen LogP contribution in [0.15, 0.2) is 47.2 Å².